The Morgan fingerprint density at radius 2 is 2.10 bits per heavy atom. The molecule has 29 heavy (non-hydrogen) atoms. The third-order valence-electron chi connectivity index (χ3n) is 5.64. The van der Waals surface area contributed by atoms with Crippen LogP contribution in [0.2, 0.25) is 0 Å². The van der Waals surface area contributed by atoms with Gasteiger partial charge in [0.1, 0.15) is 0 Å². The maximum Gasteiger partial charge on any atom is 0.262 e. The molecule has 1 aromatic carbocycles. The third-order valence-corrected chi connectivity index (χ3v) is 6.60. The number of allylic oxidation sites excluding steroid dienone is 2. The Morgan fingerprint density at radius 3 is 2.83 bits per heavy atom. The summed E-state index contributed by atoms with van der Waals surface area (Å²) in [5.41, 5.74) is 1.90. The van der Waals surface area contributed by atoms with Gasteiger partial charge in [0.15, 0.2) is 5.16 Å². The summed E-state index contributed by atoms with van der Waals surface area (Å²) in [5.74, 6) is 0.472. The number of rotatable bonds is 8. The predicted molar refractivity (Wildman–Crippen MR) is 118 cm³/mol. The van der Waals surface area contributed by atoms with Crippen molar-refractivity contribution in [1.29, 1.82) is 0 Å². The summed E-state index contributed by atoms with van der Waals surface area (Å²) in [5, 5.41) is 1.30. The van der Waals surface area contributed by atoms with Crippen molar-refractivity contribution in [2.75, 3.05) is 5.75 Å². The molecule has 0 aliphatic heterocycles. The third kappa shape index (κ3) is 4.58. The molecule has 0 radical (unpaired) electrons. The molecule has 0 bridgehead atoms. The van der Waals surface area contributed by atoms with Crippen molar-refractivity contribution < 1.29 is 4.79 Å². The zero-order chi connectivity index (χ0) is 20.2. The predicted octanol–water partition coefficient (Wildman–Crippen LogP) is 4.74. The number of amides is 1. The Hall–Kier alpha value is -2.08. The number of hydrogen-bond donors (Lipinski definition) is 0. The first-order chi connectivity index (χ1) is 14.2. The zero-order valence-corrected chi connectivity index (χ0v) is 17.9. The number of hydrogen-bond acceptors (Lipinski definition) is 4. The molecule has 0 saturated heterocycles. The number of unbranched alkanes of at least 4 members (excludes halogenated alkanes) is 1. The van der Waals surface area contributed by atoms with E-state index in [9.17, 15) is 9.59 Å². The molecule has 0 spiro atoms. The molecule has 2 aliphatic rings. The first kappa shape index (κ1) is 20.2. The topological polar surface area (TPSA) is 55.2 Å². The summed E-state index contributed by atoms with van der Waals surface area (Å²) in [6, 6.07) is 7.85. The smallest absolute Gasteiger partial charge is 0.262 e. The molecule has 1 aromatic heterocycles. The summed E-state index contributed by atoms with van der Waals surface area (Å²) >= 11 is 1.41. The van der Waals surface area contributed by atoms with Gasteiger partial charge in [0, 0.05) is 18.3 Å². The summed E-state index contributed by atoms with van der Waals surface area (Å²) < 4.78 is 1.76. The van der Waals surface area contributed by atoms with Gasteiger partial charge in [-0.1, -0.05) is 43.3 Å². The molecule has 1 heterocycles. The average molecular weight is 412 g/mol. The lowest BCUT2D eigenvalue weighted by molar-refractivity contribution is -0.127. The lowest BCUT2D eigenvalue weighted by Crippen LogP contribution is -2.34. The Kier molecular flexibility index (Phi) is 6.38. The van der Waals surface area contributed by atoms with E-state index in [2.05, 4.69) is 13.0 Å². The van der Waals surface area contributed by atoms with E-state index in [4.69, 9.17) is 4.98 Å². The fourth-order valence-corrected chi connectivity index (χ4v) is 4.82. The van der Waals surface area contributed by atoms with E-state index in [-0.39, 0.29) is 11.5 Å². The highest BCUT2D eigenvalue weighted by Crippen LogP contribution is 2.34. The van der Waals surface area contributed by atoms with E-state index in [0.29, 0.717) is 34.4 Å². The van der Waals surface area contributed by atoms with Crippen LogP contribution in [0.4, 0.5) is 0 Å². The average Bonchev–Trinajstić information content (AvgIpc) is 3.58. The molecule has 6 heteroatoms. The second kappa shape index (κ2) is 9.16. The fourth-order valence-electron chi connectivity index (χ4n) is 3.94. The van der Waals surface area contributed by atoms with Crippen molar-refractivity contribution in [3.05, 3.63) is 46.4 Å². The molecule has 1 saturated carbocycles. The lowest BCUT2D eigenvalue weighted by atomic mass is 10.0. The largest absolute Gasteiger partial charge is 0.313 e. The summed E-state index contributed by atoms with van der Waals surface area (Å²) in [4.78, 5) is 32.9. The van der Waals surface area contributed by atoms with Gasteiger partial charge < -0.3 is 4.90 Å². The number of nitrogens with zero attached hydrogens (tertiary/aromatic N) is 3. The van der Waals surface area contributed by atoms with Crippen LogP contribution in [0.5, 0.6) is 0 Å². The summed E-state index contributed by atoms with van der Waals surface area (Å²) in [6.07, 6.45) is 10.8. The SMILES string of the molecule is CCCCn1c(SCC(=O)N(C2=CCCCC2)C2CC2)nc2ccccc2c1=O. The van der Waals surface area contributed by atoms with E-state index in [1.54, 1.807) is 4.57 Å². The van der Waals surface area contributed by atoms with Crippen LogP contribution < -0.4 is 5.56 Å². The molecular formula is C23H29N3O2S. The monoisotopic (exact) mass is 411 g/mol. The molecule has 1 fully saturated rings. The quantitative estimate of drug-likeness (QED) is 0.465. The second-order valence-corrected chi connectivity index (χ2v) is 8.89. The highest BCUT2D eigenvalue weighted by atomic mass is 32.2. The van der Waals surface area contributed by atoms with E-state index in [1.165, 1.54) is 23.9 Å². The van der Waals surface area contributed by atoms with Crippen molar-refractivity contribution in [2.24, 2.45) is 0 Å². The van der Waals surface area contributed by atoms with Gasteiger partial charge >= 0.3 is 0 Å². The first-order valence-corrected chi connectivity index (χ1v) is 11.8. The van der Waals surface area contributed by atoms with Crippen LogP contribution in [-0.2, 0) is 11.3 Å². The van der Waals surface area contributed by atoms with Crippen molar-refractivity contribution in [3.8, 4) is 0 Å². The number of carbonyl (C=O) groups excluding carboxylic acids is 1. The van der Waals surface area contributed by atoms with Gasteiger partial charge in [-0.15, -0.1) is 0 Å². The summed E-state index contributed by atoms with van der Waals surface area (Å²) in [7, 11) is 0. The molecule has 154 valence electrons. The number of aromatic nitrogens is 2. The minimum Gasteiger partial charge on any atom is -0.313 e. The number of para-hydroxylation sites is 1. The Bertz CT molecular complexity index is 978. The highest BCUT2D eigenvalue weighted by Gasteiger charge is 2.35. The van der Waals surface area contributed by atoms with E-state index >= 15 is 0 Å². The van der Waals surface area contributed by atoms with Crippen molar-refractivity contribution in [1.82, 2.24) is 14.5 Å². The van der Waals surface area contributed by atoms with Crippen LogP contribution in [0, 0.1) is 0 Å². The number of benzene rings is 1. The molecule has 2 aromatic rings. The highest BCUT2D eigenvalue weighted by molar-refractivity contribution is 7.99. The van der Waals surface area contributed by atoms with Crippen LogP contribution >= 0.6 is 11.8 Å². The van der Waals surface area contributed by atoms with Crippen molar-refractivity contribution in [2.45, 2.75) is 76.0 Å². The number of thioether (sulfide) groups is 1. The maximum atomic E-state index is 13.1. The Balaban J connectivity index is 1.57. The van der Waals surface area contributed by atoms with Gasteiger partial charge in [0.25, 0.3) is 5.56 Å². The maximum absolute atomic E-state index is 13.1. The molecule has 1 amide bonds. The first-order valence-electron chi connectivity index (χ1n) is 10.8. The molecule has 4 rings (SSSR count). The zero-order valence-electron chi connectivity index (χ0n) is 17.1. The fraction of sp³-hybridized carbons (Fsp3) is 0.522. The van der Waals surface area contributed by atoms with Crippen LogP contribution in [0.15, 0.2) is 46.0 Å². The van der Waals surface area contributed by atoms with Crippen LogP contribution in [0.25, 0.3) is 10.9 Å². The van der Waals surface area contributed by atoms with Crippen LogP contribution in [0.3, 0.4) is 0 Å². The standard InChI is InChI=1S/C23H29N3O2S/c1-2-3-15-25-22(28)19-11-7-8-12-20(19)24-23(25)29-16-21(27)26(18-13-14-18)17-9-5-4-6-10-17/h7-9,11-12,18H,2-6,10,13-16H2,1H3. The van der Waals surface area contributed by atoms with E-state index < -0.39 is 0 Å². The normalized spacial score (nSPS) is 16.7. The Morgan fingerprint density at radius 1 is 1.28 bits per heavy atom. The van der Waals surface area contributed by atoms with Gasteiger partial charge in [-0.3, -0.25) is 14.2 Å². The minimum absolute atomic E-state index is 0.00645. The molecule has 0 N–H and O–H groups in total. The molecular weight excluding hydrogens is 382 g/mol. The number of fused-ring (bicyclic) bond motifs is 1. The Labute approximate surface area is 176 Å². The molecule has 2 aliphatic carbocycles. The minimum atomic E-state index is -0.00645. The lowest BCUT2D eigenvalue weighted by Gasteiger charge is -2.27. The molecule has 0 atom stereocenters. The molecule has 5 nitrogen and oxygen atoms in total. The van der Waals surface area contributed by atoms with Crippen LogP contribution in [0.1, 0.15) is 58.3 Å². The van der Waals surface area contributed by atoms with Crippen molar-refractivity contribution in [3.63, 3.8) is 0 Å². The van der Waals surface area contributed by atoms with Gasteiger partial charge in [0.2, 0.25) is 5.91 Å². The van der Waals surface area contributed by atoms with Gasteiger partial charge in [-0.05, 0) is 57.1 Å². The summed E-state index contributed by atoms with van der Waals surface area (Å²) in [6.45, 7) is 2.75. The molecule has 0 unspecified atom stereocenters. The van der Waals surface area contributed by atoms with Gasteiger partial charge in [-0.25, -0.2) is 4.98 Å². The van der Waals surface area contributed by atoms with Gasteiger partial charge in [-0.2, -0.15) is 0 Å². The second-order valence-electron chi connectivity index (χ2n) is 7.95. The van der Waals surface area contributed by atoms with Crippen molar-refractivity contribution >= 4 is 28.6 Å². The van der Waals surface area contributed by atoms with Crippen LogP contribution in [-0.4, -0.2) is 32.2 Å². The number of carbonyl (C=O) groups is 1. The van der Waals surface area contributed by atoms with E-state index in [0.717, 1.165) is 44.9 Å². The van der Waals surface area contributed by atoms with Gasteiger partial charge in [0.05, 0.1) is 16.7 Å². The van der Waals surface area contributed by atoms with E-state index in [1.807, 2.05) is 29.2 Å².